The van der Waals surface area contributed by atoms with Gasteiger partial charge in [0.25, 0.3) is 0 Å². The third kappa shape index (κ3) is 0.805. The fourth-order valence-electron chi connectivity index (χ4n) is 0.363. The molecule has 1 aliphatic heterocycles. The van der Waals surface area contributed by atoms with Crippen molar-refractivity contribution in [2.24, 2.45) is 4.99 Å². The monoisotopic (exact) mass is 149 g/mol. The van der Waals surface area contributed by atoms with Gasteiger partial charge in [-0.2, -0.15) is 0 Å². The molecule has 1 radical (unpaired) electrons. The van der Waals surface area contributed by atoms with E-state index in [-0.39, 0.29) is 0 Å². The number of aliphatic imine (C=N–C) groups is 1. The van der Waals surface area contributed by atoms with Crippen molar-refractivity contribution >= 4 is 20.6 Å². The fourth-order valence-corrected chi connectivity index (χ4v) is 0.712. The van der Waals surface area contributed by atoms with E-state index in [4.69, 9.17) is 0 Å². The predicted octanol–water partition coefficient (Wildman–Crippen LogP) is -0.886. The molecule has 1 heterocycles. The summed E-state index contributed by atoms with van der Waals surface area (Å²) in [4.78, 5) is 3.99. The van der Waals surface area contributed by atoms with E-state index in [0.29, 0.717) is 0 Å². The van der Waals surface area contributed by atoms with Gasteiger partial charge < -0.3 is 0 Å². The van der Waals surface area contributed by atoms with Crippen molar-refractivity contribution < 1.29 is 0 Å². The third-order valence-corrected chi connectivity index (χ3v) is 1.22. The summed E-state index contributed by atoms with van der Waals surface area (Å²) in [6.45, 7) is 1.72. The second-order valence-corrected chi connectivity index (χ2v) is 2.13. The van der Waals surface area contributed by atoms with Gasteiger partial charge in [-0.3, -0.25) is 0 Å². The van der Waals surface area contributed by atoms with Gasteiger partial charge in [0.05, 0.1) is 0 Å². The summed E-state index contributed by atoms with van der Waals surface area (Å²) in [5, 5.41) is 3.04. The molecule has 1 N–H and O–H groups in total. The maximum absolute atomic E-state index is 3.99. The van der Waals surface area contributed by atoms with E-state index in [1.165, 1.54) is 0 Å². The third-order valence-electron chi connectivity index (χ3n) is 0.643. The van der Waals surface area contributed by atoms with Crippen molar-refractivity contribution in [1.82, 2.24) is 5.32 Å². The van der Waals surface area contributed by atoms with Crippen LogP contribution in [0.2, 0.25) is 0 Å². The van der Waals surface area contributed by atoms with Crippen LogP contribution >= 0.6 is 0 Å². The first-order chi connectivity index (χ1) is 2.89. The van der Waals surface area contributed by atoms with Crippen LogP contribution in [-0.2, 0) is 0 Å². The zero-order valence-electron chi connectivity index (χ0n) is 3.27. The fraction of sp³-hybridized carbons (Fsp3) is 0.667. The molecular weight excluding hydrogens is 143 g/mol. The average molecular weight is 148 g/mol. The SMILES string of the molecule is [Se]C1=NCNC1. The molecule has 0 unspecified atom stereocenters. The summed E-state index contributed by atoms with van der Waals surface area (Å²) in [6.07, 6.45) is 0. The standard InChI is InChI=1S/C3H5N2Se/c6-3-1-4-2-5-3/h4H,1-2H2. The van der Waals surface area contributed by atoms with E-state index in [1.54, 1.807) is 0 Å². The second kappa shape index (κ2) is 1.73. The van der Waals surface area contributed by atoms with Crippen molar-refractivity contribution in [3.05, 3.63) is 0 Å². The van der Waals surface area contributed by atoms with E-state index in [9.17, 15) is 0 Å². The van der Waals surface area contributed by atoms with Gasteiger partial charge >= 0.3 is 44.1 Å². The Bertz CT molecular complexity index is 78.9. The van der Waals surface area contributed by atoms with E-state index in [0.717, 1.165) is 17.8 Å². The molecular formula is C3H5N2Se. The van der Waals surface area contributed by atoms with Crippen LogP contribution in [0, 0.1) is 0 Å². The maximum atomic E-state index is 3.99. The van der Waals surface area contributed by atoms with Crippen LogP contribution in [0.5, 0.6) is 0 Å². The van der Waals surface area contributed by atoms with Crippen LogP contribution in [0.15, 0.2) is 4.99 Å². The zero-order chi connectivity index (χ0) is 4.41. The summed E-state index contributed by atoms with van der Waals surface area (Å²) in [5.41, 5.74) is 0. The second-order valence-electron chi connectivity index (χ2n) is 1.14. The molecule has 0 aromatic carbocycles. The van der Waals surface area contributed by atoms with E-state index in [2.05, 4.69) is 26.3 Å². The molecule has 2 nitrogen and oxygen atoms in total. The Labute approximate surface area is 44.8 Å². The first-order valence-electron chi connectivity index (χ1n) is 1.80. The molecule has 0 aliphatic carbocycles. The van der Waals surface area contributed by atoms with Crippen molar-refractivity contribution in [2.45, 2.75) is 0 Å². The zero-order valence-corrected chi connectivity index (χ0v) is 4.98. The van der Waals surface area contributed by atoms with Crippen LogP contribution in [-0.4, -0.2) is 33.8 Å². The molecule has 0 bridgehead atoms. The first-order valence-corrected chi connectivity index (χ1v) is 2.66. The molecule has 3 heteroatoms. The van der Waals surface area contributed by atoms with Gasteiger partial charge in [-0.05, 0) is 0 Å². The minimum absolute atomic E-state index is 0.794. The molecule has 33 valence electrons. The molecule has 0 saturated carbocycles. The quantitative estimate of drug-likeness (QED) is 0.443. The Hall–Kier alpha value is 0.149. The molecule has 0 aromatic rings. The van der Waals surface area contributed by atoms with Gasteiger partial charge in [0.2, 0.25) is 0 Å². The molecule has 0 saturated heterocycles. The Morgan fingerprint density at radius 2 is 2.67 bits per heavy atom. The Morgan fingerprint density at radius 3 is 2.83 bits per heavy atom. The number of nitrogens with one attached hydrogen (secondary N) is 1. The number of nitrogens with zero attached hydrogens (tertiary/aromatic N) is 1. The van der Waals surface area contributed by atoms with Crippen LogP contribution < -0.4 is 5.32 Å². The average Bonchev–Trinajstić information content (AvgIpc) is 1.86. The predicted molar refractivity (Wildman–Crippen MR) is 26.1 cm³/mol. The van der Waals surface area contributed by atoms with E-state index < -0.39 is 0 Å². The Balaban J connectivity index is 2.45. The summed E-state index contributed by atoms with van der Waals surface area (Å²) in [6, 6.07) is 0. The summed E-state index contributed by atoms with van der Waals surface area (Å²) >= 11 is 2.83. The minimum atomic E-state index is 0.794. The van der Waals surface area contributed by atoms with Crippen molar-refractivity contribution in [3.63, 3.8) is 0 Å². The Morgan fingerprint density at radius 1 is 1.83 bits per heavy atom. The van der Waals surface area contributed by atoms with Crippen molar-refractivity contribution in [3.8, 4) is 0 Å². The molecule has 0 aromatic heterocycles. The molecule has 1 aliphatic rings. The van der Waals surface area contributed by atoms with Crippen LogP contribution in [0.25, 0.3) is 0 Å². The van der Waals surface area contributed by atoms with Crippen LogP contribution in [0.1, 0.15) is 0 Å². The topological polar surface area (TPSA) is 24.4 Å². The summed E-state index contributed by atoms with van der Waals surface area (Å²) in [5.74, 6) is 0. The van der Waals surface area contributed by atoms with Gasteiger partial charge in [0.15, 0.2) is 0 Å². The summed E-state index contributed by atoms with van der Waals surface area (Å²) < 4.78 is 1.09. The molecule has 6 heavy (non-hydrogen) atoms. The van der Waals surface area contributed by atoms with Gasteiger partial charge in [0.1, 0.15) is 0 Å². The van der Waals surface area contributed by atoms with E-state index in [1.807, 2.05) is 0 Å². The van der Waals surface area contributed by atoms with Gasteiger partial charge in [-0.25, -0.2) is 0 Å². The number of hydrogen-bond donors (Lipinski definition) is 1. The molecule has 0 spiro atoms. The molecule has 1 rings (SSSR count). The normalized spacial score (nSPS) is 21.0. The summed E-state index contributed by atoms with van der Waals surface area (Å²) in [7, 11) is 0. The van der Waals surface area contributed by atoms with Crippen molar-refractivity contribution in [2.75, 3.05) is 13.2 Å². The van der Waals surface area contributed by atoms with Gasteiger partial charge in [0, 0.05) is 0 Å². The van der Waals surface area contributed by atoms with Crippen LogP contribution in [0.3, 0.4) is 0 Å². The van der Waals surface area contributed by atoms with Gasteiger partial charge in [-0.1, -0.05) is 0 Å². The van der Waals surface area contributed by atoms with Gasteiger partial charge in [-0.15, -0.1) is 0 Å². The van der Waals surface area contributed by atoms with Crippen LogP contribution in [0.4, 0.5) is 0 Å². The first kappa shape index (κ1) is 4.31. The van der Waals surface area contributed by atoms with E-state index >= 15 is 0 Å². The molecule has 0 fully saturated rings. The van der Waals surface area contributed by atoms with Crippen molar-refractivity contribution in [1.29, 1.82) is 0 Å². The molecule has 0 atom stereocenters. The molecule has 0 amide bonds. The number of rotatable bonds is 0. The Kier molecular flexibility index (Phi) is 1.25. The number of hydrogen-bond acceptors (Lipinski definition) is 2.